The van der Waals surface area contributed by atoms with Gasteiger partial charge in [-0.05, 0) is 31.5 Å². The Morgan fingerprint density at radius 3 is 3.00 bits per heavy atom. The molecule has 1 unspecified atom stereocenters. The Bertz CT molecular complexity index is 448. The fourth-order valence-corrected chi connectivity index (χ4v) is 1.77. The van der Waals surface area contributed by atoms with Crippen molar-refractivity contribution in [2.75, 3.05) is 13.2 Å². The van der Waals surface area contributed by atoms with E-state index in [0.717, 1.165) is 18.1 Å². The first kappa shape index (κ1) is 12.7. The third-order valence-electron chi connectivity index (χ3n) is 2.66. The molecule has 1 aromatic carbocycles. The third-order valence-corrected chi connectivity index (χ3v) is 2.66. The Hall–Kier alpha value is -1.78. The summed E-state index contributed by atoms with van der Waals surface area (Å²) in [6.45, 7) is 5.68. The third kappa shape index (κ3) is 3.12. The molecule has 1 aliphatic heterocycles. The van der Waals surface area contributed by atoms with E-state index in [0.29, 0.717) is 24.9 Å². The molecule has 2 N–H and O–H groups in total. The van der Waals surface area contributed by atoms with E-state index in [9.17, 15) is 4.39 Å². The molecule has 1 aliphatic rings. The molecule has 4 nitrogen and oxygen atoms in total. The molecule has 0 bridgehead atoms. The fraction of sp³-hybridized carbons (Fsp3) is 0.462. The van der Waals surface area contributed by atoms with Gasteiger partial charge in [0.2, 0.25) is 0 Å². The van der Waals surface area contributed by atoms with Gasteiger partial charge >= 0.3 is 0 Å². The predicted octanol–water partition coefficient (Wildman–Crippen LogP) is 1.66. The predicted molar refractivity (Wildman–Crippen MR) is 69.3 cm³/mol. The highest BCUT2D eigenvalue weighted by Gasteiger charge is 2.12. The largest absolute Gasteiger partial charge is 0.491 e. The second kappa shape index (κ2) is 5.71. The summed E-state index contributed by atoms with van der Waals surface area (Å²) in [5.41, 5.74) is 0.861. The zero-order chi connectivity index (χ0) is 13.0. The highest BCUT2D eigenvalue weighted by Crippen LogP contribution is 2.18. The molecule has 0 aromatic heterocycles. The van der Waals surface area contributed by atoms with Crippen molar-refractivity contribution < 1.29 is 9.13 Å². The van der Waals surface area contributed by atoms with Crippen LogP contribution >= 0.6 is 0 Å². The van der Waals surface area contributed by atoms with Gasteiger partial charge in [0.25, 0.3) is 0 Å². The Morgan fingerprint density at radius 2 is 2.39 bits per heavy atom. The molecule has 1 atom stereocenters. The number of hydrogen-bond donors (Lipinski definition) is 2. The summed E-state index contributed by atoms with van der Waals surface area (Å²) in [5.74, 6) is 0.744. The van der Waals surface area contributed by atoms with Gasteiger partial charge in [0, 0.05) is 12.6 Å². The quantitative estimate of drug-likeness (QED) is 0.855. The second-order valence-electron chi connectivity index (χ2n) is 4.29. The molecule has 0 aliphatic carbocycles. The SMILES string of the molecule is CCOc1ccc(CNC2=NCC(C)N2)cc1F. The van der Waals surface area contributed by atoms with Crippen molar-refractivity contribution in [3.05, 3.63) is 29.6 Å². The zero-order valence-electron chi connectivity index (χ0n) is 10.7. The number of benzene rings is 1. The Morgan fingerprint density at radius 1 is 1.56 bits per heavy atom. The molecule has 0 fully saturated rings. The van der Waals surface area contributed by atoms with E-state index in [1.54, 1.807) is 6.07 Å². The molecule has 98 valence electrons. The van der Waals surface area contributed by atoms with Crippen molar-refractivity contribution >= 4 is 5.96 Å². The standard InChI is InChI=1S/C13H18FN3O/c1-3-18-12-5-4-10(6-11(12)14)8-16-13-15-7-9(2)17-13/h4-6,9H,3,7-8H2,1-2H3,(H2,15,16,17). The van der Waals surface area contributed by atoms with Gasteiger partial charge in [0.15, 0.2) is 17.5 Å². The highest BCUT2D eigenvalue weighted by molar-refractivity contribution is 5.81. The number of nitrogens with zero attached hydrogens (tertiary/aromatic N) is 1. The van der Waals surface area contributed by atoms with Crippen molar-refractivity contribution in [3.8, 4) is 5.75 Å². The minimum absolute atomic E-state index is 0.297. The van der Waals surface area contributed by atoms with Crippen LogP contribution in [0.25, 0.3) is 0 Å². The van der Waals surface area contributed by atoms with Crippen molar-refractivity contribution in [2.45, 2.75) is 26.4 Å². The van der Waals surface area contributed by atoms with E-state index in [-0.39, 0.29) is 5.82 Å². The molecule has 2 rings (SSSR count). The van der Waals surface area contributed by atoms with Crippen LogP contribution in [0.5, 0.6) is 5.75 Å². The van der Waals surface area contributed by atoms with Gasteiger partial charge < -0.3 is 15.4 Å². The number of halogens is 1. The van der Waals surface area contributed by atoms with E-state index in [4.69, 9.17) is 4.74 Å². The lowest BCUT2D eigenvalue weighted by atomic mass is 10.2. The Balaban J connectivity index is 1.92. The normalized spacial score (nSPS) is 18.2. The van der Waals surface area contributed by atoms with Gasteiger partial charge in [-0.2, -0.15) is 0 Å². The van der Waals surface area contributed by atoms with Crippen LogP contribution in [0.4, 0.5) is 4.39 Å². The lowest BCUT2D eigenvalue weighted by Gasteiger charge is -2.10. The van der Waals surface area contributed by atoms with E-state index in [2.05, 4.69) is 22.5 Å². The molecule has 0 spiro atoms. The van der Waals surface area contributed by atoms with Gasteiger partial charge in [-0.3, -0.25) is 4.99 Å². The zero-order valence-corrected chi connectivity index (χ0v) is 10.7. The maximum Gasteiger partial charge on any atom is 0.191 e. The molecule has 0 saturated heterocycles. The number of guanidine groups is 1. The van der Waals surface area contributed by atoms with Crippen LogP contribution in [-0.4, -0.2) is 25.2 Å². The summed E-state index contributed by atoms with van der Waals surface area (Å²) in [6, 6.07) is 5.35. The number of rotatable bonds is 4. The van der Waals surface area contributed by atoms with E-state index in [1.807, 2.05) is 13.0 Å². The maximum absolute atomic E-state index is 13.6. The molecule has 1 aromatic rings. The second-order valence-corrected chi connectivity index (χ2v) is 4.29. The number of hydrogen-bond acceptors (Lipinski definition) is 4. The van der Waals surface area contributed by atoms with E-state index in [1.165, 1.54) is 6.07 Å². The van der Waals surface area contributed by atoms with Crippen LogP contribution < -0.4 is 15.4 Å². The van der Waals surface area contributed by atoms with Gasteiger partial charge in [-0.15, -0.1) is 0 Å². The monoisotopic (exact) mass is 251 g/mol. The molecular formula is C13H18FN3O. The molecule has 18 heavy (non-hydrogen) atoms. The average Bonchev–Trinajstić information content (AvgIpc) is 2.76. The summed E-state index contributed by atoms with van der Waals surface area (Å²) in [6.07, 6.45) is 0. The van der Waals surface area contributed by atoms with Gasteiger partial charge in [0.1, 0.15) is 0 Å². The van der Waals surface area contributed by atoms with Crippen molar-refractivity contribution in [1.82, 2.24) is 10.6 Å². The molecular weight excluding hydrogens is 233 g/mol. The first-order valence-corrected chi connectivity index (χ1v) is 6.15. The van der Waals surface area contributed by atoms with Gasteiger partial charge in [0.05, 0.1) is 13.2 Å². The lowest BCUT2D eigenvalue weighted by Crippen LogP contribution is -2.37. The summed E-state index contributed by atoms with van der Waals surface area (Å²) in [5, 5.41) is 6.33. The van der Waals surface area contributed by atoms with Gasteiger partial charge in [-0.25, -0.2) is 4.39 Å². The van der Waals surface area contributed by atoms with Gasteiger partial charge in [-0.1, -0.05) is 6.07 Å². The molecule has 0 saturated carbocycles. The van der Waals surface area contributed by atoms with E-state index >= 15 is 0 Å². The van der Waals surface area contributed by atoms with Crippen LogP contribution in [0.3, 0.4) is 0 Å². The summed E-state index contributed by atoms with van der Waals surface area (Å²) in [4.78, 5) is 4.28. The number of nitrogens with one attached hydrogen (secondary N) is 2. The van der Waals surface area contributed by atoms with Crippen LogP contribution in [-0.2, 0) is 6.54 Å². The summed E-state index contributed by atoms with van der Waals surface area (Å²) in [7, 11) is 0. The minimum atomic E-state index is -0.328. The van der Waals surface area contributed by atoms with Crippen molar-refractivity contribution in [2.24, 2.45) is 4.99 Å². The molecule has 5 heteroatoms. The number of aliphatic imine (C=N–C) groups is 1. The van der Waals surface area contributed by atoms with Crippen LogP contribution in [0.1, 0.15) is 19.4 Å². The molecule has 0 amide bonds. The topological polar surface area (TPSA) is 45.6 Å². The van der Waals surface area contributed by atoms with Crippen LogP contribution in [0.15, 0.2) is 23.2 Å². The van der Waals surface area contributed by atoms with E-state index < -0.39 is 0 Å². The fourth-order valence-electron chi connectivity index (χ4n) is 1.77. The molecule has 0 radical (unpaired) electrons. The average molecular weight is 251 g/mol. The van der Waals surface area contributed by atoms with Crippen LogP contribution in [0, 0.1) is 5.82 Å². The summed E-state index contributed by atoms with van der Waals surface area (Å²) < 4.78 is 18.8. The first-order chi connectivity index (χ1) is 8.69. The Kier molecular flexibility index (Phi) is 4.02. The minimum Gasteiger partial charge on any atom is -0.491 e. The van der Waals surface area contributed by atoms with Crippen LogP contribution in [0.2, 0.25) is 0 Å². The molecule has 1 heterocycles. The first-order valence-electron chi connectivity index (χ1n) is 6.15. The van der Waals surface area contributed by atoms with Crippen molar-refractivity contribution in [1.29, 1.82) is 0 Å². The smallest absolute Gasteiger partial charge is 0.191 e. The number of ether oxygens (including phenoxy) is 1. The highest BCUT2D eigenvalue weighted by atomic mass is 19.1. The lowest BCUT2D eigenvalue weighted by molar-refractivity contribution is 0.321. The Labute approximate surface area is 106 Å². The maximum atomic E-state index is 13.6. The summed E-state index contributed by atoms with van der Waals surface area (Å²) >= 11 is 0. The van der Waals surface area contributed by atoms with Crippen molar-refractivity contribution in [3.63, 3.8) is 0 Å².